The number of phenols is 1. The molecule has 6 nitrogen and oxygen atoms in total. The fourth-order valence-electron chi connectivity index (χ4n) is 3.01. The van der Waals surface area contributed by atoms with Crippen LogP contribution in [0.4, 0.5) is 0 Å². The Morgan fingerprint density at radius 2 is 2.04 bits per heavy atom. The van der Waals surface area contributed by atoms with E-state index in [1.165, 1.54) is 6.20 Å². The van der Waals surface area contributed by atoms with Crippen LogP contribution in [-0.4, -0.2) is 42.0 Å². The van der Waals surface area contributed by atoms with Gasteiger partial charge in [-0.05, 0) is 53.6 Å². The summed E-state index contributed by atoms with van der Waals surface area (Å²) in [5.41, 5.74) is 6.05. The van der Waals surface area contributed by atoms with Gasteiger partial charge >= 0.3 is 0 Å². The molecule has 0 aromatic heterocycles. The quantitative estimate of drug-likeness (QED) is 0.613. The standard InChI is InChI=1S/C22H27N3O3/c1-4-10-24-21(27)17-8-7-16-13-20(26)19(12-18(16)11-17)22(28)25(3)14-15(2)6-5-9-23/h4-5,7-9,11-13,15,26H,1,6,10,14,23H2,2-3H3,(H,24,27)/b9-5-. The Hall–Kier alpha value is -3.28. The molecule has 0 saturated heterocycles. The van der Waals surface area contributed by atoms with Gasteiger partial charge in [-0.1, -0.05) is 25.1 Å². The van der Waals surface area contributed by atoms with Gasteiger partial charge in [0, 0.05) is 25.7 Å². The van der Waals surface area contributed by atoms with Gasteiger partial charge in [-0.3, -0.25) is 9.59 Å². The van der Waals surface area contributed by atoms with Gasteiger partial charge in [-0.2, -0.15) is 0 Å². The predicted molar refractivity (Wildman–Crippen MR) is 112 cm³/mol. The van der Waals surface area contributed by atoms with E-state index < -0.39 is 0 Å². The average Bonchev–Trinajstić information content (AvgIpc) is 2.68. The Kier molecular flexibility index (Phi) is 7.21. The lowest BCUT2D eigenvalue weighted by Gasteiger charge is -2.21. The molecule has 0 aliphatic rings. The minimum atomic E-state index is -0.274. The van der Waals surface area contributed by atoms with Crippen LogP contribution in [0.3, 0.4) is 0 Å². The van der Waals surface area contributed by atoms with Crippen LogP contribution in [0.15, 0.2) is 55.3 Å². The number of fused-ring (bicyclic) bond motifs is 1. The van der Waals surface area contributed by atoms with E-state index in [9.17, 15) is 14.7 Å². The second-order valence-corrected chi connectivity index (χ2v) is 6.88. The van der Waals surface area contributed by atoms with E-state index in [1.54, 1.807) is 48.4 Å². The lowest BCUT2D eigenvalue weighted by Crippen LogP contribution is -2.31. The van der Waals surface area contributed by atoms with Gasteiger partial charge in [-0.15, -0.1) is 6.58 Å². The Morgan fingerprint density at radius 3 is 2.71 bits per heavy atom. The minimum absolute atomic E-state index is 0.0808. The maximum atomic E-state index is 12.8. The zero-order chi connectivity index (χ0) is 20.7. The molecule has 1 atom stereocenters. The van der Waals surface area contributed by atoms with E-state index in [0.29, 0.717) is 24.0 Å². The Labute approximate surface area is 165 Å². The molecule has 28 heavy (non-hydrogen) atoms. The summed E-state index contributed by atoms with van der Waals surface area (Å²) in [5.74, 6) is -0.342. The molecule has 2 aromatic rings. The van der Waals surface area contributed by atoms with Crippen LogP contribution in [-0.2, 0) is 0 Å². The Balaban J connectivity index is 2.28. The van der Waals surface area contributed by atoms with Crippen molar-refractivity contribution in [2.45, 2.75) is 13.3 Å². The normalized spacial score (nSPS) is 12.1. The number of allylic oxidation sites excluding steroid dienone is 1. The first kappa shape index (κ1) is 21.0. The van der Waals surface area contributed by atoms with Crippen LogP contribution >= 0.6 is 0 Å². The number of carbonyl (C=O) groups excluding carboxylic acids is 2. The third-order valence-corrected chi connectivity index (χ3v) is 4.46. The molecule has 0 fully saturated rings. The van der Waals surface area contributed by atoms with Gasteiger partial charge in [0.25, 0.3) is 11.8 Å². The van der Waals surface area contributed by atoms with Crippen molar-refractivity contribution in [2.75, 3.05) is 20.1 Å². The predicted octanol–water partition coefficient (Wildman–Crippen LogP) is 3.03. The summed E-state index contributed by atoms with van der Waals surface area (Å²) in [6.07, 6.45) is 5.72. The summed E-state index contributed by atoms with van der Waals surface area (Å²) in [6.45, 7) is 6.51. The van der Waals surface area contributed by atoms with Gasteiger partial charge in [0.05, 0.1) is 5.56 Å². The van der Waals surface area contributed by atoms with Crippen molar-refractivity contribution in [1.82, 2.24) is 10.2 Å². The van der Waals surface area contributed by atoms with Crippen molar-refractivity contribution >= 4 is 22.6 Å². The van der Waals surface area contributed by atoms with Gasteiger partial charge in [0.1, 0.15) is 5.75 Å². The van der Waals surface area contributed by atoms with Crippen LogP contribution in [0.2, 0.25) is 0 Å². The summed E-state index contributed by atoms with van der Waals surface area (Å²) >= 11 is 0. The van der Waals surface area contributed by atoms with Crippen molar-refractivity contribution < 1.29 is 14.7 Å². The number of aromatic hydroxyl groups is 1. The van der Waals surface area contributed by atoms with Crippen molar-refractivity contribution in [2.24, 2.45) is 11.7 Å². The number of carbonyl (C=O) groups is 2. The molecule has 2 aromatic carbocycles. The van der Waals surface area contributed by atoms with Crippen molar-refractivity contribution in [3.8, 4) is 5.75 Å². The highest BCUT2D eigenvalue weighted by atomic mass is 16.3. The van der Waals surface area contributed by atoms with E-state index >= 15 is 0 Å². The number of nitrogens with two attached hydrogens (primary N) is 1. The molecular formula is C22H27N3O3. The van der Waals surface area contributed by atoms with Crippen LogP contribution in [0.1, 0.15) is 34.1 Å². The minimum Gasteiger partial charge on any atom is -0.507 e. The largest absolute Gasteiger partial charge is 0.507 e. The number of nitrogens with zero attached hydrogens (tertiary/aromatic N) is 1. The van der Waals surface area contributed by atoms with Gasteiger partial charge in [-0.25, -0.2) is 0 Å². The van der Waals surface area contributed by atoms with E-state index in [2.05, 4.69) is 11.9 Å². The molecule has 0 spiro atoms. The highest BCUT2D eigenvalue weighted by molar-refractivity contribution is 6.03. The highest BCUT2D eigenvalue weighted by Gasteiger charge is 2.19. The van der Waals surface area contributed by atoms with Crippen LogP contribution in [0.5, 0.6) is 5.75 Å². The molecule has 0 bridgehead atoms. The zero-order valence-electron chi connectivity index (χ0n) is 16.3. The second kappa shape index (κ2) is 9.60. The van der Waals surface area contributed by atoms with Gasteiger partial charge in [0.15, 0.2) is 0 Å². The second-order valence-electron chi connectivity index (χ2n) is 6.88. The number of phenolic OH excluding ortho intramolecular Hbond substituents is 1. The van der Waals surface area contributed by atoms with E-state index in [-0.39, 0.29) is 29.0 Å². The number of benzene rings is 2. The summed E-state index contributed by atoms with van der Waals surface area (Å²) in [6, 6.07) is 8.30. The third-order valence-electron chi connectivity index (χ3n) is 4.46. The maximum absolute atomic E-state index is 12.8. The topological polar surface area (TPSA) is 95.7 Å². The monoisotopic (exact) mass is 381 g/mol. The fraction of sp³-hybridized carbons (Fsp3) is 0.273. The smallest absolute Gasteiger partial charge is 0.257 e. The summed E-state index contributed by atoms with van der Waals surface area (Å²) in [5, 5.41) is 14.5. The number of amides is 2. The molecule has 2 amide bonds. The molecule has 2 rings (SSSR count). The van der Waals surface area contributed by atoms with E-state index in [4.69, 9.17) is 5.73 Å². The molecule has 0 aliphatic carbocycles. The fourth-order valence-corrected chi connectivity index (χ4v) is 3.01. The van der Waals surface area contributed by atoms with E-state index in [0.717, 1.165) is 11.8 Å². The lowest BCUT2D eigenvalue weighted by molar-refractivity contribution is 0.0773. The van der Waals surface area contributed by atoms with E-state index in [1.807, 2.05) is 13.0 Å². The van der Waals surface area contributed by atoms with Crippen molar-refractivity contribution in [3.63, 3.8) is 0 Å². The number of nitrogens with one attached hydrogen (secondary N) is 1. The Morgan fingerprint density at radius 1 is 1.29 bits per heavy atom. The van der Waals surface area contributed by atoms with Crippen LogP contribution in [0.25, 0.3) is 10.8 Å². The molecule has 1 unspecified atom stereocenters. The lowest BCUT2D eigenvalue weighted by atomic mass is 10.0. The van der Waals surface area contributed by atoms with Crippen molar-refractivity contribution in [3.05, 3.63) is 66.4 Å². The SMILES string of the molecule is C=CCNC(=O)c1ccc2cc(O)c(C(=O)N(C)CC(C)C/C=C\N)cc2c1. The highest BCUT2D eigenvalue weighted by Crippen LogP contribution is 2.27. The Bertz CT molecular complexity index is 905. The maximum Gasteiger partial charge on any atom is 0.257 e. The van der Waals surface area contributed by atoms with Crippen LogP contribution < -0.4 is 11.1 Å². The van der Waals surface area contributed by atoms with Crippen molar-refractivity contribution in [1.29, 1.82) is 0 Å². The molecule has 0 heterocycles. The zero-order valence-corrected chi connectivity index (χ0v) is 16.3. The molecule has 6 heteroatoms. The first-order valence-corrected chi connectivity index (χ1v) is 9.15. The summed E-state index contributed by atoms with van der Waals surface area (Å²) in [7, 11) is 1.70. The third kappa shape index (κ3) is 5.13. The summed E-state index contributed by atoms with van der Waals surface area (Å²) < 4.78 is 0. The molecule has 0 radical (unpaired) electrons. The molecular weight excluding hydrogens is 354 g/mol. The van der Waals surface area contributed by atoms with Crippen LogP contribution in [0, 0.1) is 5.92 Å². The molecule has 4 N–H and O–H groups in total. The molecule has 0 saturated carbocycles. The number of hydrogen-bond donors (Lipinski definition) is 3. The number of rotatable bonds is 8. The molecule has 148 valence electrons. The average molecular weight is 381 g/mol. The van der Waals surface area contributed by atoms with Gasteiger partial charge < -0.3 is 21.1 Å². The van der Waals surface area contributed by atoms with Gasteiger partial charge in [0.2, 0.25) is 0 Å². The number of hydrogen-bond acceptors (Lipinski definition) is 4. The first-order chi connectivity index (χ1) is 13.4. The molecule has 0 aliphatic heterocycles. The summed E-state index contributed by atoms with van der Waals surface area (Å²) in [4.78, 5) is 26.5. The first-order valence-electron chi connectivity index (χ1n) is 9.15.